The first-order valence-electron chi connectivity index (χ1n) is 11.3. The Morgan fingerprint density at radius 1 is 1.00 bits per heavy atom. The predicted octanol–water partition coefficient (Wildman–Crippen LogP) is 5.44. The Hall–Kier alpha value is -3.22. The number of aliphatic hydroxyl groups is 1. The number of aromatic hydroxyl groups is 1. The van der Waals surface area contributed by atoms with E-state index in [9.17, 15) is 19.8 Å². The highest BCUT2D eigenvalue weighted by Gasteiger charge is 2.38. The molecule has 7 heteroatoms. The monoisotopic (exact) mass is 450 g/mol. The molecular formula is C26H30N2O5. The number of Topliss-reactive ketones (excluding diaryl/α,β-unsaturated/α-hetero) is 2. The van der Waals surface area contributed by atoms with Crippen molar-refractivity contribution >= 4 is 23.0 Å². The number of nitrogens with zero attached hydrogens (tertiary/aromatic N) is 2. The van der Waals surface area contributed by atoms with Gasteiger partial charge in [-0.3, -0.25) is 9.59 Å². The van der Waals surface area contributed by atoms with Gasteiger partial charge < -0.3 is 14.7 Å². The maximum absolute atomic E-state index is 13.0. The van der Waals surface area contributed by atoms with Gasteiger partial charge in [0.15, 0.2) is 11.6 Å². The number of hydrogen-bond donors (Lipinski definition) is 2. The molecule has 2 aliphatic carbocycles. The molecule has 2 aromatic rings. The molecule has 0 atom stereocenters. The molecule has 0 unspecified atom stereocenters. The summed E-state index contributed by atoms with van der Waals surface area (Å²) in [6, 6.07) is 6.59. The zero-order valence-corrected chi connectivity index (χ0v) is 19.6. The van der Waals surface area contributed by atoms with Gasteiger partial charge >= 0.3 is 0 Å². The summed E-state index contributed by atoms with van der Waals surface area (Å²) in [5.41, 5.74) is 1.44. The number of benzene rings is 1. The van der Waals surface area contributed by atoms with Crippen LogP contribution in [0.3, 0.4) is 0 Å². The molecule has 1 aromatic carbocycles. The summed E-state index contributed by atoms with van der Waals surface area (Å²) in [7, 11) is 0. The summed E-state index contributed by atoms with van der Waals surface area (Å²) in [5.74, 6) is 0.413. The number of rotatable bonds is 5. The standard InChI is InChI=1S/C26H30N2O5/c1-25(2)11-19(30)23(20(31)12-25)16(27-15-7-5-6-8-18(15)29)9-10-17-24-21(32)13-26(3,4)14-22(24)33-28-17/h5-8,29-30H,9-14H2,1-4H3. The summed E-state index contributed by atoms with van der Waals surface area (Å²) in [5, 5.41) is 25.1. The number of phenolic OH excluding ortho intramolecular Hbond substituents is 1. The molecule has 4 rings (SSSR count). The Balaban J connectivity index is 1.70. The van der Waals surface area contributed by atoms with Crippen LogP contribution in [-0.4, -0.2) is 32.6 Å². The van der Waals surface area contributed by atoms with E-state index in [1.807, 2.05) is 27.7 Å². The smallest absolute Gasteiger partial charge is 0.168 e. The van der Waals surface area contributed by atoms with Crippen LogP contribution >= 0.6 is 0 Å². The summed E-state index contributed by atoms with van der Waals surface area (Å²) in [6.45, 7) is 7.93. The van der Waals surface area contributed by atoms with Gasteiger partial charge in [0, 0.05) is 25.7 Å². The molecule has 0 fully saturated rings. The Labute approximate surface area is 193 Å². The predicted molar refractivity (Wildman–Crippen MR) is 124 cm³/mol. The van der Waals surface area contributed by atoms with E-state index < -0.39 is 0 Å². The Bertz CT molecular complexity index is 1180. The lowest BCUT2D eigenvalue weighted by molar-refractivity contribution is -0.118. The zero-order valence-electron chi connectivity index (χ0n) is 19.6. The molecule has 33 heavy (non-hydrogen) atoms. The number of phenols is 1. The number of fused-ring (bicyclic) bond motifs is 1. The molecule has 1 heterocycles. The molecule has 0 aliphatic heterocycles. The van der Waals surface area contributed by atoms with Gasteiger partial charge in [-0.1, -0.05) is 45.0 Å². The number of aryl methyl sites for hydroxylation is 1. The average Bonchev–Trinajstić information content (AvgIpc) is 3.07. The van der Waals surface area contributed by atoms with Crippen molar-refractivity contribution in [3.8, 4) is 5.75 Å². The summed E-state index contributed by atoms with van der Waals surface area (Å²) in [4.78, 5) is 30.3. The first-order valence-corrected chi connectivity index (χ1v) is 11.3. The van der Waals surface area contributed by atoms with Crippen molar-refractivity contribution in [2.75, 3.05) is 0 Å². The summed E-state index contributed by atoms with van der Waals surface area (Å²) in [6.07, 6.45) is 2.30. The number of hydrogen-bond acceptors (Lipinski definition) is 7. The van der Waals surface area contributed by atoms with Gasteiger partial charge in [0.1, 0.15) is 23.0 Å². The Kier molecular flexibility index (Phi) is 5.76. The molecule has 0 bridgehead atoms. The zero-order chi connectivity index (χ0) is 24.0. The number of carbonyl (C=O) groups is 2. The van der Waals surface area contributed by atoms with Crippen molar-refractivity contribution < 1.29 is 24.3 Å². The fraction of sp³-hybridized carbons (Fsp3) is 0.462. The number of allylic oxidation sites excluding steroid dienone is 2. The van der Waals surface area contributed by atoms with Gasteiger partial charge in [0.2, 0.25) is 0 Å². The summed E-state index contributed by atoms with van der Waals surface area (Å²) < 4.78 is 5.50. The van der Waals surface area contributed by atoms with E-state index in [0.717, 1.165) is 0 Å². The second-order valence-corrected chi connectivity index (χ2v) is 10.7. The largest absolute Gasteiger partial charge is 0.511 e. The molecule has 2 aliphatic rings. The van der Waals surface area contributed by atoms with Gasteiger partial charge in [-0.2, -0.15) is 0 Å². The molecule has 7 nitrogen and oxygen atoms in total. The van der Waals surface area contributed by atoms with E-state index in [1.165, 1.54) is 6.07 Å². The molecular weight excluding hydrogens is 420 g/mol. The Morgan fingerprint density at radius 2 is 1.67 bits per heavy atom. The second-order valence-electron chi connectivity index (χ2n) is 10.7. The minimum absolute atomic E-state index is 0.00503. The van der Waals surface area contributed by atoms with E-state index in [1.54, 1.807) is 18.2 Å². The highest BCUT2D eigenvalue weighted by atomic mass is 16.5. The van der Waals surface area contributed by atoms with Crippen LogP contribution in [0.4, 0.5) is 5.69 Å². The number of para-hydroxylation sites is 2. The lowest BCUT2D eigenvalue weighted by atomic mass is 9.74. The number of aliphatic hydroxyl groups excluding tert-OH is 1. The molecule has 2 N–H and O–H groups in total. The van der Waals surface area contributed by atoms with E-state index in [2.05, 4.69) is 10.1 Å². The van der Waals surface area contributed by atoms with Crippen LogP contribution in [-0.2, 0) is 17.6 Å². The normalized spacial score (nSPS) is 20.2. The third kappa shape index (κ3) is 4.77. The quantitative estimate of drug-likeness (QED) is 0.586. The van der Waals surface area contributed by atoms with Crippen molar-refractivity contribution in [1.82, 2.24) is 5.16 Å². The first kappa shape index (κ1) is 23.0. The minimum Gasteiger partial charge on any atom is -0.511 e. The number of aliphatic imine (C=N–C) groups is 1. The fourth-order valence-electron chi connectivity index (χ4n) is 4.78. The second kappa shape index (κ2) is 8.28. The van der Waals surface area contributed by atoms with E-state index in [0.29, 0.717) is 60.5 Å². The van der Waals surface area contributed by atoms with Gasteiger partial charge in [0.25, 0.3) is 0 Å². The van der Waals surface area contributed by atoms with E-state index in [4.69, 9.17) is 4.52 Å². The van der Waals surface area contributed by atoms with E-state index in [-0.39, 0.29) is 45.9 Å². The SMILES string of the molecule is CC1(C)CC(=O)C(C(CCc2noc3c2C(=O)CC(C)(C)C3)=Nc2ccccc2O)=C(O)C1. The van der Waals surface area contributed by atoms with Crippen LogP contribution in [0.25, 0.3) is 0 Å². The molecule has 0 radical (unpaired) electrons. The van der Waals surface area contributed by atoms with Crippen LogP contribution in [0.1, 0.15) is 75.2 Å². The van der Waals surface area contributed by atoms with Gasteiger partial charge in [-0.05, 0) is 35.8 Å². The van der Waals surface area contributed by atoms with Crippen LogP contribution in [0.5, 0.6) is 5.75 Å². The molecule has 0 saturated carbocycles. The average molecular weight is 451 g/mol. The maximum Gasteiger partial charge on any atom is 0.168 e. The van der Waals surface area contributed by atoms with E-state index >= 15 is 0 Å². The highest BCUT2D eigenvalue weighted by Crippen LogP contribution is 2.39. The third-order valence-electron chi connectivity index (χ3n) is 6.27. The third-order valence-corrected chi connectivity index (χ3v) is 6.27. The Morgan fingerprint density at radius 3 is 2.36 bits per heavy atom. The van der Waals surface area contributed by atoms with Crippen LogP contribution in [0.15, 0.2) is 45.1 Å². The van der Waals surface area contributed by atoms with Crippen molar-refractivity contribution in [3.05, 3.63) is 52.6 Å². The first-order chi connectivity index (χ1) is 15.5. The van der Waals surface area contributed by atoms with Crippen LogP contribution in [0, 0.1) is 10.8 Å². The van der Waals surface area contributed by atoms with Crippen LogP contribution < -0.4 is 0 Å². The molecule has 0 saturated heterocycles. The minimum atomic E-state index is -0.338. The lowest BCUT2D eigenvalue weighted by Gasteiger charge is -2.30. The van der Waals surface area contributed by atoms with Gasteiger partial charge in [-0.15, -0.1) is 0 Å². The van der Waals surface area contributed by atoms with Crippen molar-refractivity contribution in [1.29, 1.82) is 0 Å². The van der Waals surface area contributed by atoms with Crippen LogP contribution in [0.2, 0.25) is 0 Å². The van der Waals surface area contributed by atoms with Gasteiger partial charge in [-0.25, -0.2) is 4.99 Å². The summed E-state index contributed by atoms with van der Waals surface area (Å²) >= 11 is 0. The molecule has 0 amide bonds. The van der Waals surface area contributed by atoms with Crippen molar-refractivity contribution in [3.63, 3.8) is 0 Å². The van der Waals surface area contributed by atoms with Crippen molar-refractivity contribution in [2.45, 2.75) is 66.2 Å². The maximum atomic E-state index is 13.0. The van der Waals surface area contributed by atoms with Crippen molar-refractivity contribution in [2.24, 2.45) is 15.8 Å². The number of aromatic nitrogens is 1. The van der Waals surface area contributed by atoms with Gasteiger partial charge in [0.05, 0.1) is 22.5 Å². The molecule has 1 aromatic heterocycles. The number of ketones is 2. The lowest BCUT2D eigenvalue weighted by Crippen LogP contribution is -2.29. The topological polar surface area (TPSA) is 113 Å². The molecule has 0 spiro atoms. The fourth-order valence-corrected chi connectivity index (χ4v) is 4.78. The number of carbonyl (C=O) groups excluding carboxylic acids is 2. The highest BCUT2D eigenvalue weighted by molar-refractivity contribution is 6.24. The molecule has 174 valence electrons.